The normalized spacial score (nSPS) is 11.7. The quantitative estimate of drug-likeness (QED) is 0.169. The highest BCUT2D eigenvalue weighted by Gasteiger charge is 2.18. The van der Waals surface area contributed by atoms with Gasteiger partial charge >= 0.3 is 0 Å². The maximum atomic E-state index is 5.19. The summed E-state index contributed by atoms with van der Waals surface area (Å²) < 4.78 is 4.80. The first kappa shape index (κ1) is 35.6. The first-order chi connectivity index (χ1) is 29.4. The molecule has 0 saturated heterocycles. The second-order valence-corrected chi connectivity index (χ2v) is 16.1. The lowest BCUT2D eigenvalue weighted by atomic mass is 9.93. The molecule has 0 spiro atoms. The summed E-state index contributed by atoms with van der Waals surface area (Å²) in [7, 11) is 0. The van der Waals surface area contributed by atoms with Crippen LogP contribution >= 0.6 is 0 Å². The minimum Gasteiger partial charge on any atom is -0.309 e. The van der Waals surface area contributed by atoms with E-state index in [0.717, 1.165) is 45.3 Å². The highest BCUT2D eigenvalue weighted by molar-refractivity contribution is 6.12. The first-order valence-corrected chi connectivity index (χ1v) is 20.7. The molecule has 0 fully saturated rings. The number of nitrogens with zero attached hydrogens (tertiary/aromatic N) is 4. The monoisotopic (exact) mass is 770 g/mol. The number of benzene rings is 8. The van der Waals surface area contributed by atoms with Gasteiger partial charge in [-0.1, -0.05) is 139 Å². The molecule has 8 aromatic carbocycles. The van der Waals surface area contributed by atoms with E-state index in [-0.39, 0.29) is 0 Å². The molecule has 0 aliphatic heterocycles. The van der Waals surface area contributed by atoms with E-state index in [1.54, 1.807) is 0 Å². The topological polar surface area (TPSA) is 35.6 Å². The molecule has 60 heavy (non-hydrogen) atoms. The van der Waals surface area contributed by atoms with Gasteiger partial charge in [0.2, 0.25) is 0 Å². The third-order valence-corrected chi connectivity index (χ3v) is 12.1. The van der Waals surface area contributed by atoms with Crippen molar-refractivity contribution in [1.29, 1.82) is 0 Å². The Morgan fingerprint density at radius 1 is 0.333 bits per heavy atom. The summed E-state index contributed by atoms with van der Waals surface area (Å²) in [5, 5.41) is 5.01. The van der Waals surface area contributed by atoms with E-state index in [1.807, 2.05) is 0 Å². The fourth-order valence-corrected chi connectivity index (χ4v) is 9.20. The van der Waals surface area contributed by atoms with Gasteiger partial charge in [0, 0.05) is 49.6 Å². The van der Waals surface area contributed by atoms with Crippen LogP contribution in [0.2, 0.25) is 0 Å². The molecule has 0 atom stereocenters. The number of para-hydroxylation sites is 3. The molecule has 0 bridgehead atoms. The second kappa shape index (κ2) is 14.1. The van der Waals surface area contributed by atoms with E-state index in [4.69, 9.17) is 9.97 Å². The van der Waals surface area contributed by atoms with E-state index in [0.29, 0.717) is 0 Å². The molecule has 0 unspecified atom stereocenters. The molecule has 3 heterocycles. The van der Waals surface area contributed by atoms with Crippen molar-refractivity contribution in [2.75, 3.05) is 0 Å². The Hall–Kier alpha value is -7.56. The first-order valence-electron chi connectivity index (χ1n) is 20.7. The Morgan fingerprint density at radius 2 is 0.783 bits per heavy atom. The number of hydrogen-bond acceptors (Lipinski definition) is 2. The van der Waals surface area contributed by atoms with Crippen LogP contribution in [0.5, 0.6) is 0 Å². The second-order valence-electron chi connectivity index (χ2n) is 16.1. The Labute approximate surface area is 349 Å². The lowest BCUT2D eigenvalue weighted by Crippen LogP contribution is -1.99. The van der Waals surface area contributed by atoms with E-state index in [1.165, 1.54) is 77.0 Å². The van der Waals surface area contributed by atoms with Crippen molar-refractivity contribution in [3.63, 3.8) is 0 Å². The number of rotatable bonds is 6. The fourth-order valence-electron chi connectivity index (χ4n) is 9.20. The van der Waals surface area contributed by atoms with Crippen LogP contribution in [0, 0.1) is 27.7 Å². The van der Waals surface area contributed by atoms with E-state index in [9.17, 15) is 0 Å². The molecule has 0 aliphatic carbocycles. The van der Waals surface area contributed by atoms with Crippen molar-refractivity contribution < 1.29 is 0 Å². The van der Waals surface area contributed by atoms with Crippen LogP contribution in [0.1, 0.15) is 22.3 Å². The van der Waals surface area contributed by atoms with Gasteiger partial charge in [-0.25, -0.2) is 9.97 Å². The summed E-state index contributed by atoms with van der Waals surface area (Å²) in [6.45, 7) is 8.62. The summed E-state index contributed by atoms with van der Waals surface area (Å²) in [5.74, 6) is 0.731. The van der Waals surface area contributed by atoms with Gasteiger partial charge in [-0.15, -0.1) is 0 Å². The molecule has 4 heteroatoms. The SMILES string of the molecule is Cc1ccc(-c2cc(-c3c(C)cc(-c4ccc(-n5c6ccccc6c6cc(-n7c8ccccc8c8ccccc87)ccc65)cc4)cc3C)nc(-c3ccc(C)cc3)n2)cc1. The van der Waals surface area contributed by atoms with E-state index < -0.39 is 0 Å². The Kier molecular flexibility index (Phi) is 8.35. The predicted molar refractivity (Wildman–Crippen MR) is 251 cm³/mol. The highest BCUT2D eigenvalue weighted by Crippen LogP contribution is 2.39. The van der Waals surface area contributed by atoms with Crippen LogP contribution in [-0.4, -0.2) is 19.1 Å². The van der Waals surface area contributed by atoms with Crippen molar-refractivity contribution >= 4 is 43.6 Å². The van der Waals surface area contributed by atoms with Crippen molar-refractivity contribution in [1.82, 2.24) is 19.1 Å². The van der Waals surface area contributed by atoms with Gasteiger partial charge < -0.3 is 9.13 Å². The van der Waals surface area contributed by atoms with Crippen molar-refractivity contribution in [2.45, 2.75) is 27.7 Å². The molecule has 11 aromatic rings. The van der Waals surface area contributed by atoms with Crippen LogP contribution in [0.4, 0.5) is 0 Å². The molecule has 11 rings (SSSR count). The smallest absolute Gasteiger partial charge is 0.160 e. The third-order valence-electron chi connectivity index (χ3n) is 12.1. The predicted octanol–water partition coefficient (Wildman–Crippen LogP) is 14.6. The number of hydrogen-bond donors (Lipinski definition) is 0. The molecule has 0 saturated carbocycles. The van der Waals surface area contributed by atoms with Gasteiger partial charge in [-0.05, 0) is 105 Å². The van der Waals surface area contributed by atoms with Crippen LogP contribution in [-0.2, 0) is 0 Å². The maximum absolute atomic E-state index is 5.19. The number of aromatic nitrogens is 4. The Morgan fingerprint density at radius 3 is 1.37 bits per heavy atom. The summed E-state index contributed by atoms with van der Waals surface area (Å²) >= 11 is 0. The third kappa shape index (κ3) is 5.91. The highest BCUT2D eigenvalue weighted by atomic mass is 15.0. The fraction of sp³-hybridized carbons (Fsp3) is 0.0714. The Balaban J connectivity index is 0.977. The summed E-state index contributed by atoms with van der Waals surface area (Å²) in [6, 6.07) is 65.9. The van der Waals surface area contributed by atoms with Crippen LogP contribution in [0.3, 0.4) is 0 Å². The average molecular weight is 771 g/mol. The zero-order valence-corrected chi connectivity index (χ0v) is 34.1. The summed E-state index contributed by atoms with van der Waals surface area (Å²) in [4.78, 5) is 10.3. The summed E-state index contributed by atoms with van der Waals surface area (Å²) in [5.41, 5.74) is 19.3. The molecular formula is C56H42N4. The van der Waals surface area contributed by atoms with Crippen molar-refractivity contribution in [3.05, 3.63) is 204 Å². The van der Waals surface area contributed by atoms with Crippen LogP contribution < -0.4 is 0 Å². The minimum atomic E-state index is 0.731. The molecular weight excluding hydrogens is 729 g/mol. The summed E-state index contributed by atoms with van der Waals surface area (Å²) in [6.07, 6.45) is 0. The van der Waals surface area contributed by atoms with Crippen LogP contribution in [0.25, 0.3) is 100 Å². The Bertz CT molecular complexity index is 3300. The molecule has 0 aliphatic rings. The lowest BCUT2D eigenvalue weighted by molar-refractivity contribution is 1.16. The van der Waals surface area contributed by atoms with Gasteiger partial charge in [-0.2, -0.15) is 0 Å². The van der Waals surface area contributed by atoms with Gasteiger partial charge in [0.05, 0.1) is 33.5 Å². The van der Waals surface area contributed by atoms with E-state index in [2.05, 4.69) is 219 Å². The van der Waals surface area contributed by atoms with Gasteiger partial charge in [0.15, 0.2) is 5.82 Å². The van der Waals surface area contributed by atoms with Gasteiger partial charge in [0.25, 0.3) is 0 Å². The number of fused-ring (bicyclic) bond motifs is 6. The van der Waals surface area contributed by atoms with Gasteiger partial charge in [0.1, 0.15) is 0 Å². The minimum absolute atomic E-state index is 0.731. The molecule has 0 radical (unpaired) electrons. The molecule has 4 nitrogen and oxygen atoms in total. The van der Waals surface area contributed by atoms with Crippen molar-refractivity contribution in [2.24, 2.45) is 0 Å². The largest absolute Gasteiger partial charge is 0.309 e. The zero-order chi connectivity index (χ0) is 40.5. The molecule has 286 valence electrons. The zero-order valence-electron chi connectivity index (χ0n) is 34.1. The molecule has 0 N–H and O–H groups in total. The maximum Gasteiger partial charge on any atom is 0.160 e. The molecule has 3 aromatic heterocycles. The lowest BCUT2D eigenvalue weighted by Gasteiger charge is -2.16. The van der Waals surface area contributed by atoms with Crippen molar-refractivity contribution in [3.8, 4) is 56.4 Å². The van der Waals surface area contributed by atoms with Gasteiger partial charge in [-0.3, -0.25) is 0 Å². The molecule has 0 amide bonds. The average Bonchev–Trinajstić information content (AvgIpc) is 3.79. The number of aryl methyl sites for hydroxylation is 4. The van der Waals surface area contributed by atoms with E-state index >= 15 is 0 Å². The van der Waals surface area contributed by atoms with Crippen LogP contribution in [0.15, 0.2) is 182 Å². The standard InChI is InChI=1S/C56H42N4/c1-35-17-21-40(22-18-35)49-34-50(58-56(57-49)41-23-19-36(2)20-24-41)55-37(3)31-42(32-38(55)4)39-25-27-43(28-26-39)59-53-16-10-7-13-47(53)48-33-44(29-30-54(48)59)60-51-14-8-5-11-45(51)46-12-6-9-15-52(46)60/h5-34H,1-4H3.